The molecule has 5 rings (SSSR count). The molecular formula is C57H96O10. The van der Waals surface area contributed by atoms with Gasteiger partial charge >= 0.3 is 23.9 Å². The summed E-state index contributed by atoms with van der Waals surface area (Å²) in [5.41, 5.74) is 1.95. The zero-order valence-electron chi connectivity index (χ0n) is 44.1. The summed E-state index contributed by atoms with van der Waals surface area (Å²) in [6.07, 6.45) is 25.4. The molecule has 0 spiro atoms. The number of fused-ring (bicyclic) bond motifs is 5. The van der Waals surface area contributed by atoms with Crippen LogP contribution in [0.4, 0.5) is 0 Å². The van der Waals surface area contributed by atoms with Crippen molar-refractivity contribution < 1.29 is 47.6 Å². The first kappa shape index (κ1) is 55.5. The molecule has 384 valence electrons. The Morgan fingerprint density at radius 1 is 0.701 bits per heavy atom. The van der Waals surface area contributed by atoms with Crippen molar-refractivity contribution in [3.05, 3.63) is 11.6 Å². The highest BCUT2D eigenvalue weighted by Crippen LogP contribution is 2.67. The zero-order valence-corrected chi connectivity index (χ0v) is 44.1. The van der Waals surface area contributed by atoms with Gasteiger partial charge in [-0.3, -0.25) is 19.2 Å². The number of carbonyl (C=O) groups excluding carboxylic acids is 4. The van der Waals surface area contributed by atoms with E-state index in [2.05, 4.69) is 54.5 Å². The van der Waals surface area contributed by atoms with Crippen molar-refractivity contribution in [2.24, 2.45) is 52.3 Å². The van der Waals surface area contributed by atoms with Crippen LogP contribution in [0.25, 0.3) is 0 Å². The van der Waals surface area contributed by atoms with Crippen molar-refractivity contribution in [1.82, 2.24) is 0 Å². The molecule has 10 nitrogen and oxygen atoms in total. The molecule has 3 saturated carbocycles. The molecule has 0 aromatic heterocycles. The van der Waals surface area contributed by atoms with E-state index < -0.39 is 48.6 Å². The number of ether oxygens (including phenoxy) is 6. The largest absolute Gasteiger partial charge is 0.463 e. The SMILES string of the molecule is CCCCCCCCCCCCCCCC(=O)OC[C@@H]1O[C@H](O[C@H]2CC[C@@]3(C)C(=CCC4C5CCC([C@H](C)CCC(CC)C(C)C)[C@@]5(C)CCC43)C2)[C@@H](OC(C)=O)[C@H](OC(C)=O)[C@H]1OC(C)=O. The van der Waals surface area contributed by atoms with Crippen LogP contribution in [0.3, 0.4) is 0 Å². The number of allylic oxidation sites excluding steroid dienone is 1. The summed E-state index contributed by atoms with van der Waals surface area (Å²) in [5, 5.41) is 0. The summed E-state index contributed by atoms with van der Waals surface area (Å²) >= 11 is 0. The fraction of sp³-hybridized carbons (Fsp3) is 0.895. The van der Waals surface area contributed by atoms with Crippen molar-refractivity contribution in [2.45, 2.75) is 267 Å². The number of hydrogen-bond donors (Lipinski definition) is 0. The van der Waals surface area contributed by atoms with Gasteiger partial charge in [-0.1, -0.05) is 150 Å². The van der Waals surface area contributed by atoms with Crippen LogP contribution in [0, 0.1) is 52.3 Å². The average molecular weight is 941 g/mol. The van der Waals surface area contributed by atoms with E-state index in [0.717, 1.165) is 74.5 Å². The Hall–Kier alpha value is -2.46. The van der Waals surface area contributed by atoms with E-state index >= 15 is 0 Å². The fourth-order valence-corrected chi connectivity index (χ4v) is 14.2. The topological polar surface area (TPSA) is 124 Å². The minimum Gasteiger partial charge on any atom is -0.463 e. The number of esters is 4. The fourth-order valence-electron chi connectivity index (χ4n) is 14.2. The monoisotopic (exact) mass is 941 g/mol. The second-order valence-electron chi connectivity index (χ2n) is 22.9. The molecule has 0 bridgehead atoms. The third-order valence-corrected chi connectivity index (χ3v) is 18.0. The molecule has 1 heterocycles. The molecule has 4 fully saturated rings. The zero-order chi connectivity index (χ0) is 48.7. The Kier molecular flexibility index (Phi) is 22.1. The van der Waals surface area contributed by atoms with Crippen molar-refractivity contribution in [3.8, 4) is 0 Å². The third kappa shape index (κ3) is 15.0. The van der Waals surface area contributed by atoms with Gasteiger partial charge in [-0.25, -0.2) is 0 Å². The van der Waals surface area contributed by atoms with Crippen LogP contribution < -0.4 is 0 Å². The molecule has 0 amide bonds. The molecule has 0 aromatic rings. The van der Waals surface area contributed by atoms with Crippen LogP contribution in [0.2, 0.25) is 0 Å². The van der Waals surface area contributed by atoms with Crippen molar-refractivity contribution in [1.29, 1.82) is 0 Å². The first-order chi connectivity index (χ1) is 32.0. The average Bonchev–Trinajstić information content (AvgIpc) is 3.63. The van der Waals surface area contributed by atoms with E-state index in [1.165, 1.54) is 135 Å². The highest BCUT2D eigenvalue weighted by Gasteiger charge is 2.60. The predicted octanol–water partition coefficient (Wildman–Crippen LogP) is 13.6. The van der Waals surface area contributed by atoms with Crippen LogP contribution in [0.15, 0.2) is 11.6 Å². The Morgan fingerprint density at radius 3 is 1.90 bits per heavy atom. The van der Waals surface area contributed by atoms with Crippen molar-refractivity contribution >= 4 is 23.9 Å². The van der Waals surface area contributed by atoms with Crippen LogP contribution in [-0.2, 0) is 47.6 Å². The molecule has 0 radical (unpaired) electrons. The van der Waals surface area contributed by atoms with E-state index in [9.17, 15) is 19.2 Å². The standard InChI is InChI=1S/C57H96O10/c1-11-13-14-15-16-17-18-19-20-21-22-23-24-25-51(61)62-37-50-52(63-40(6)58)53(64-41(7)59)54(65-42(8)60)55(67-50)66-45-32-34-56(9)44(36-45)28-29-46-48-31-30-47(57(48,10)35-33-49(46)56)39(5)26-27-43(12-2)38(3)4/h28,38-39,43,45-50,52-55H,11-27,29-37H2,1-10H3/t39-,43?,45+,46?,47?,48?,49?,50+,52+,53-,54+,55+,56+,57-/m1/s1. The molecule has 14 atom stereocenters. The van der Waals surface area contributed by atoms with Gasteiger partial charge in [0.2, 0.25) is 0 Å². The molecule has 1 aliphatic heterocycles. The Balaban J connectivity index is 1.19. The van der Waals surface area contributed by atoms with Crippen LogP contribution in [0.5, 0.6) is 0 Å². The predicted molar refractivity (Wildman–Crippen MR) is 264 cm³/mol. The smallest absolute Gasteiger partial charge is 0.305 e. The molecule has 5 aliphatic rings. The van der Waals surface area contributed by atoms with E-state index in [1.54, 1.807) is 0 Å². The van der Waals surface area contributed by atoms with E-state index in [-0.39, 0.29) is 30.5 Å². The van der Waals surface area contributed by atoms with E-state index in [1.807, 2.05) is 0 Å². The minimum atomic E-state index is -1.24. The maximum atomic E-state index is 13.1. The Bertz CT molecular complexity index is 1590. The number of unbranched alkanes of at least 4 members (excludes halogenated alkanes) is 12. The van der Waals surface area contributed by atoms with Crippen molar-refractivity contribution in [3.63, 3.8) is 0 Å². The van der Waals surface area contributed by atoms with Gasteiger partial charge in [0, 0.05) is 27.2 Å². The summed E-state index contributed by atoms with van der Waals surface area (Å²) in [4.78, 5) is 50.8. The lowest BCUT2D eigenvalue weighted by Crippen LogP contribution is -2.63. The van der Waals surface area contributed by atoms with Gasteiger partial charge in [-0.2, -0.15) is 0 Å². The maximum Gasteiger partial charge on any atom is 0.305 e. The maximum absolute atomic E-state index is 13.1. The highest BCUT2D eigenvalue weighted by molar-refractivity contribution is 5.69. The van der Waals surface area contributed by atoms with Gasteiger partial charge in [0.15, 0.2) is 24.6 Å². The van der Waals surface area contributed by atoms with Crippen LogP contribution >= 0.6 is 0 Å². The lowest BCUT2D eigenvalue weighted by atomic mass is 9.47. The summed E-state index contributed by atoms with van der Waals surface area (Å²) in [5.74, 6) is 2.98. The second kappa shape index (κ2) is 26.7. The van der Waals surface area contributed by atoms with Gasteiger partial charge in [-0.15, -0.1) is 0 Å². The number of hydrogen-bond acceptors (Lipinski definition) is 10. The third-order valence-electron chi connectivity index (χ3n) is 18.0. The van der Waals surface area contributed by atoms with Gasteiger partial charge in [0.1, 0.15) is 12.7 Å². The molecule has 0 N–H and O–H groups in total. The second-order valence-corrected chi connectivity index (χ2v) is 22.9. The van der Waals surface area contributed by atoms with E-state index in [4.69, 9.17) is 28.4 Å². The highest BCUT2D eigenvalue weighted by atomic mass is 16.7. The lowest BCUT2D eigenvalue weighted by Gasteiger charge is -2.58. The van der Waals surface area contributed by atoms with Crippen molar-refractivity contribution in [2.75, 3.05) is 6.61 Å². The summed E-state index contributed by atoms with van der Waals surface area (Å²) in [7, 11) is 0. The Labute approximate surface area is 407 Å². The van der Waals surface area contributed by atoms with Gasteiger partial charge in [0.05, 0.1) is 6.10 Å². The minimum absolute atomic E-state index is 0.0901. The van der Waals surface area contributed by atoms with Gasteiger partial charge in [0.25, 0.3) is 0 Å². The summed E-state index contributed by atoms with van der Waals surface area (Å²) in [6.45, 7) is 20.7. The van der Waals surface area contributed by atoms with Gasteiger partial charge < -0.3 is 28.4 Å². The first-order valence-corrected chi connectivity index (χ1v) is 27.7. The quantitative estimate of drug-likeness (QED) is 0.0340. The molecular weight excluding hydrogens is 845 g/mol. The first-order valence-electron chi connectivity index (χ1n) is 27.7. The normalized spacial score (nSPS) is 33.4. The summed E-state index contributed by atoms with van der Waals surface area (Å²) in [6, 6.07) is 0. The molecule has 5 unspecified atom stereocenters. The lowest BCUT2D eigenvalue weighted by molar-refractivity contribution is -0.318. The molecule has 67 heavy (non-hydrogen) atoms. The molecule has 10 heteroatoms. The van der Waals surface area contributed by atoms with Crippen LogP contribution in [0.1, 0.15) is 230 Å². The molecule has 1 saturated heterocycles. The van der Waals surface area contributed by atoms with Gasteiger partial charge in [-0.05, 0) is 116 Å². The van der Waals surface area contributed by atoms with Crippen LogP contribution in [-0.4, -0.2) is 67.3 Å². The number of rotatable bonds is 27. The van der Waals surface area contributed by atoms with E-state index in [0.29, 0.717) is 17.3 Å². The molecule has 4 aliphatic carbocycles. The number of carbonyl (C=O) groups is 4. The molecule has 0 aromatic carbocycles. The summed E-state index contributed by atoms with van der Waals surface area (Å²) < 4.78 is 36.4. The Morgan fingerprint density at radius 2 is 1.30 bits per heavy atom.